The van der Waals surface area contributed by atoms with Crippen LogP contribution in [0.25, 0.3) is 11.0 Å². The molecule has 0 bridgehead atoms. The summed E-state index contributed by atoms with van der Waals surface area (Å²) in [5.74, 6) is 0.904. The van der Waals surface area contributed by atoms with Crippen molar-refractivity contribution in [2.45, 2.75) is 26.3 Å². The first-order valence-electron chi connectivity index (χ1n) is 7.07. The van der Waals surface area contributed by atoms with Gasteiger partial charge in [0.15, 0.2) is 0 Å². The van der Waals surface area contributed by atoms with Gasteiger partial charge in [0.1, 0.15) is 0 Å². The van der Waals surface area contributed by atoms with Crippen LogP contribution in [-0.4, -0.2) is 36.5 Å². The molecule has 0 fully saturated rings. The van der Waals surface area contributed by atoms with Crippen LogP contribution >= 0.6 is 0 Å². The fourth-order valence-electron chi connectivity index (χ4n) is 2.95. The number of rotatable bonds is 1. The molecule has 0 saturated carbocycles. The molecule has 0 spiro atoms. The summed E-state index contributed by atoms with van der Waals surface area (Å²) in [7, 11) is 1.88. The van der Waals surface area contributed by atoms with E-state index in [-0.39, 0.29) is 51.4 Å². The van der Waals surface area contributed by atoms with E-state index in [1.54, 1.807) is 4.68 Å². The summed E-state index contributed by atoms with van der Waals surface area (Å²) in [4.78, 5) is 10.8. The van der Waals surface area contributed by atoms with E-state index < -0.39 is 0 Å². The van der Waals surface area contributed by atoms with Crippen LogP contribution in [0.4, 0.5) is 5.82 Å². The largest absolute Gasteiger partial charge is 1.00 e. The Kier molecular flexibility index (Phi) is 4.65. The molecule has 0 unspecified atom stereocenters. The minimum Gasteiger partial charge on any atom is -0.404 e. The SMILES string of the molecule is Cc1[nH]nc2c1CN(c1n[c-]nc3c1cnn3C)CCC2.[K+]. The van der Waals surface area contributed by atoms with Crippen molar-refractivity contribution in [3.8, 4) is 0 Å². The number of hydrogen-bond acceptors (Lipinski definition) is 5. The van der Waals surface area contributed by atoms with Gasteiger partial charge in [-0.25, -0.2) is 0 Å². The average molecular weight is 321 g/mol. The molecule has 22 heavy (non-hydrogen) atoms. The Morgan fingerprint density at radius 1 is 1.32 bits per heavy atom. The molecule has 7 nitrogen and oxygen atoms in total. The van der Waals surface area contributed by atoms with Crippen LogP contribution in [0.5, 0.6) is 0 Å². The normalized spacial score (nSPS) is 14.5. The third-order valence-corrected chi connectivity index (χ3v) is 4.11. The van der Waals surface area contributed by atoms with Crippen molar-refractivity contribution in [2.75, 3.05) is 11.4 Å². The van der Waals surface area contributed by atoms with E-state index in [0.29, 0.717) is 0 Å². The van der Waals surface area contributed by atoms with E-state index >= 15 is 0 Å². The Morgan fingerprint density at radius 3 is 3.05 bits per heavy atom. The zero-order valence-corrected chi connectivity index (χ0v) is 16.2. The van der Waals surface area contributed by atoms with Crippen molar-refractivity contribution in [1.29, 1.82) is 0 Å². The van der Waals surface area contributed by atoms with Crippen LogP contribution in [0.15, 0.2) is 6.20 Å². The zero-order chi connectivity index (χ0) is 14.4. The van der Waals surface area contributed by atoms with Crippen molar-refractivity contribution in [3.05, 3.63) is 29.5 Å². The van der Waals surface area contributed by atoms with Gasteiger partial charge in [0, 0.05) is 55.4 Å². The summed E-state index contributed by atoms with van der Waals surface area (Å²) in [5.41, 5.74) is 4.41. The van der Waals surface area contributed by atoms with E-state index in [0.717, 1.165) is 48.5 Å². The van der Waals surface area contributed by atoms with E-state index in [1.807, 2.05) is 13.2 Å². The standard InChI is InChI=1S/C14H16N7.K/c1-9-11-7-21(5-3-4-12(11)19-18-9)14-10-6-17-20(2)13(10)15-8-16-14;/h6H,3-5,7H2,1-2H3,(H,18,19);/q-1;+1. The second kappa shape index (κ2) is 6.36. The first-order valence-corrected chi connectivity index (χ1v) is 7.07. The molecule has 1 aliphatic rings. The maximum atomic E-state index is 4.40. The summed E-state index contributed by atoms with van der Waals surface area (Å²) < 4.78 is 1.75. The number of nitrogens with zero attached hydrogens (tertiary/aromatic N) is 6. The number of hydrogen-bond donors (Lipinski definition) is 1. The topological polar surface area (TPSA) is 75.5 Å². The Bertz CT molecular complexity index is 807. The van der Waals surface area contributed by atoms with Gasteiger partial charge < -0.3 is 19.5 Å². The van der Waals surface area contributed by atoms with Crippen molar-refractivity contribution in [3.63, 3.8) is 0 Å². The van der Waals surface area contributed by atoms with E-state index in [4.69, 9.17) is 0 Å². The van der Waals surface area contributed by atoms with Crippen LogP contribution in [0.3, 0.4) is 0 Å². The molecule has 1 aliphatic heterocycles. The maximum Gasteiger partial charge on any atom is 1.00 e. The van der Waals surface area contributed by atoms with Gasteiger partial charge in [0.05, 0.1) is 5.69 Å². The number of fused-ring (bicyclic) bond motifs is 2. The van der Waals surface area contributed by atoms with Crippen LogP contribution in [0.2, 0.25) is 0 Å². The summed E-state index contributed by atoms with van der Waals surface area (Å²) in [5, 5.41) is 12.7. The number of anilines is 1. The molecule has 4 heterocycles. The quantitative estimate of drug-likeness (QED) is 0.421. The van der Waals surface area contributed by atoms with Gasteiger partial charge in [-0.2, -0.15) is 10.2 Å². The van der Waals surface area contributed by atoms with Crippen LogP contribution in [0, 0.1) is 13.3 Å². The third kappa shape index (κ3) is 2.63. The van der Waals surface area contributed by atoms with Gasteiger partial charge in [-0.3, -0.25) is 5.10 Å². The molecule has 1 N–H and O–H groups in total. The number of H-pyrrole nitrogens is 1. The molecule has 0 aliphatic carbocycles. The fraction of sp³-hybridized carbons (Fsp3) is 0.429. The number of aromatic nitrogens is 6. The van der Waals surface area contributed by atoms with Crippen molar-refractivity contribution in [1.82, 2.24) is 29.9 Å². The number of aromatic amines is 1. The van der Waals surface area contributed by atoms with Crippen molar-refractivity contribution in [2.24, 2.45) is 7.05 Å². The van der Waals surface area contributed by atoms with Gasteiger partial charge in [0.2, 0.25) is 0 Å². The van der Waals surface area contributed by atoms with Gasteiger partial charge in [-0.05, 0) is 25.2 Å². The fourth-order valence-corrected chi connectivity index (χ4v) is 2.95. The van der Waals surface area contributed by atoms with E-state index in [1.165, 1.54) is 11.3 Å². The predicted octanol–water partition coefficient (Wildman–Crippen LogP) is -1.85. The Labute approximate surface area is 170 Å². The number of aryl methyl sites for hydroxylation is 3. The predicted molar refractivity (Wildman–Crippen MR) is 77.8 cm³/mol. The van der Waals surface area contributed by atoms with Crippen LogP contribution < -0.4 is 56.3 Å². The van der Waals surface area contributed by atoms with Gasteiger partial charge in [-0.1, -0.05) is 0 Å². The summed E-state index contributed by atoms with van der Waals surface area (Å²) in [6, 6.07) is 0. The first-order chi connectivity index (χ1) is 10.2. The maximum absolute atomic E-state index is 4.40. The monoisotopic (exact) mass is 321 g/mol. The Hall–Kier alpha value is -0.804. The molecule has 0 aromatic carbocycles. The minimum absolute atomic E-state index is 0. The molecule has 8 heteroatoms. The molecule has 0 amide bonds. The average Bonchev–Trinajstić information content (AvgIpc) is 2.95. The summed E-state index contributed by atoms with van der Waals surface area (Å²) in [6.45, 7) is 3.83. The van der Waals surface area contributed by atoms with Gasteiger partial charge in [0.25, 0.3) is 0 Å². The van der Waals surface area contributed by atoms with E-state index in [2.05, 4.69) is 43.4 Å². The molecule has 108 valence electrons. The Morgan fingerprint density at radius 2 is 2.18 bits per heavy atom. The second-order valence-electron chi connectivity index (χ2n) is 5.45. The second-order valence-corrected chi connectivity index (χ2v) is 5.45. The number of nitrogens with one attached hydrogen (secondary N) is 1. The minimum atomic E-state index is 0. The molecular weight excluding hydrogens is 305 g/mol. The molecule has 3 aromatic rings. The molecule has 3 aromatic heterocycles. The molecule has 0 radical (unpaired) electrons. The smallest absolute Gasteiger partial charge is 0.404 e. The molecule has 0 saturated heterocycles. The van der Waals surface area contributed by atoms with Gasteiger partial charge >= 0.3 is 51.4 Å². The summed E-state index contributed by atoms with van der Waals surface area (Å²) >= 11 is 0. The molecule has 4 rings (SSSR count). The zero-order valence-electron chi connectivity index (χ0n) is 13.1. The van der Waals surface area contributed by atoms with Gasteiger partial charge in [-0.15, -0.1) is 0 Å². The first kappa shape index (κ1) is 16.1. The van der Waals surface area contributed by atoms with Crippen LogP contribution in [0.1, 0.15) is 23.4 Å². The van der Waals surface area contributed by atoms with Crippen LogP contribution in [-0.2, 0) is 20.0 Å². The summed E-state index contributed by atoms with van der Waals surface area (Å²) in [6.07, 6.45) is 6.64. The molecule has 0 atom stereocenters. The van der Waals surface area contributed by atoms with Crippen molar-refractivity contribution >= 4 is 16.9 Å². The van der Waals surface area contributed by atoms with E-state index in [9.17, 15) is 0 Å². The third-order valence-electron chi connectivity index (χ3n) is 4.11. The Balaban J connectivity index is 0.00000144. The van der Waals surface area contributed by atoms with Crippen molar-refractivity contribution < 1.29 is 51.4 Å². The molecular formula is C14H16KN7.